The fourth-order valence-electron chi connectivity index (χ4n) is 2.31. The maximum Gasteiger partial charge on any atom is 0.0991 e. The highest BCUT2D eigenvalue weighted by Gasteiger charge is 2.16. The molecule has 0 saturated carbocycles. The zero-order valence-electron chi connectivity index (χ0n) is 8.21. The first-order chi connectivity index (χ1) is 6.88. The van der Waals surface area contributed by atoms with Crippen molar-refractivity contribution >= 4 is 23.3 Å². The summed E-state index contributed by atoms with van der Waals surface area (Å²) in [5.74, 6) is 0. The molecule has 1 aromatic carbocycles. The van der Waals surface area contributed by atoms with Crippen molar-refractivity contribution in [3.05, 3.63) is 35.0 Å². The molecule has 3 heteroatoms. The summed E-state index contributed by atoms with van der Waals surface area (Å²) in [6.07, 6.45) is 3.56. The van der Waals surface area contributed by atoms with Crippen LogP contribution in [0.3, 0.4) is 0 Å². The molecule has 0 bridgehead atoms. The van der Waals surface area contributed by atoms with Crippen LogP contribution in [0.4, 0.5) is 0 Å². The van der Waals surface area contributed by atoms with Crippen molar-refractivity contribution in [3.8, 4) is 6.07 Å². The third-order valence-corrected chi connectivity index (χ3v) is 2.98. The summed E-state index contributed by atoms with van der Waals surface area (Å²) < 4.78 is 0. The van der Waals surface area contributed by atoms with Gasteiger partial charge in [0.15, 0.2) is 0 Å². The van der Waals surface area contributed by atoms with E-state index in [4.69, 9.17) is 5.26 Å². The van der Waals surface area contributed by atoms with Gasteiger partial charge in [0.1, 0.15) is 0 Å². The maximum atomic E-state index is 8.82. The Kier molecular flexibility index (Phi) is 2.42. The van der Waals surface area contributed by atoms with Crippen molar-refractivity contribution < 1.29 is 0 Å². The SMILES string of the molecule is Cl.N#Cc1ccc2[nH]c3c(c2c1)CCC3. The van der Waals surface area contributed by atoms with Gasteiger partial charge in [-0.1, -0.05) is 0 Å². The molecule has 0 atom stereocenters. The molecule has 0 amide bonds. The van der Waals surface area contributed by atoms with Crippen LogP contribution in [0.5, 0.6) is 0 Å². The lowest BCUT2D eigenvalue weighted by molar-refractivity contribution is 0.899. The largest absolute Gasteiger partial charge is 0.358 e. The third kappa shape index (κ3) is 1.40. The van der Waals surface area contributed by atoms with Gasteiger partial charge in [0.2, 0.25) is 0 Å². The number of fused-ring (bicyclic) bond motifs is 3. The van der Waals surface area contributed by atoms with Gasteiger partial charge in [-0.15, -0.1) is 12.4 Å². The summed E-state index contributed by atoms with van der Waals surface area (Å²) in [6, 6.07) is 8.06. The average molecular weight is 219 g/mol. The first kappa shape index (κ1) is 10.1. The first-order valence-electron chi connectivity index (χ1n) is 4.92. The molecule has 0 unspecified atom stereocenters. The summed E-state index contributed by atoms with van der Waals surface area (Å²) in [5, 5.41) is 10.1. The zero-order valence-corrected chi connectivity index (χ0v) is 9.03. The van der Waals surface area contributed by atoms with Crippen molar-refractivity contribution in [2.45, 2.75) is 19.3 Å². The van der Waals surface area contributed by atoms with Crippen LogP contribution < -0.4 is 0 Å². The summed E-state index contributed by atoms with van der Waals surface area (Å²) in [7, 11) is 0. The normalized spacial score (nSPS) is 13.3. The number of aromatic amines is 1. The fraction of sp³-hybridized carbons (Fsp3) is 0.250. The second kappa shape index (κ2) is 3.60. The molecule has 0 fully saturated rings. The van der Waals surface area contributed by atoms with E-state index in [1.165, 1.54) is 28.6 Å². The van der Waals surface area contributed by atoms with Crippen LogP contribution in [0.2, 0.25) is 0 Å². The second-order valence-corrected chi connectivity index (χ2v) is 3.81. The van der Waals surface area contributed by atoms with Crippen molar-refractivity contribution in [1.82, 2.24) is 4.98 Å². The molecule has 0 saturated heterocycles. The van der Waals surface area contributed by atoms with Crippen LogP contribution >= 0.6 is 12.4 Å². The topological polar surface area (TPSA) is 39.6 Å². The third-order valence-electron chi connectivity index (χ3n) is 2.98. The van der Waals surface area contributed by atoms with Crippen molar-refractivity contribution in [1.29, 1.82) is 5.26 Å². The quantitative estimate of drug-likeness (QED) is 0.726. The Morgan fingerprint density at radius 1 is 1.27 bits per heavy atom. The van der Waals surface area contributed by atoms with E-state index in [9.17, 15) is 0 Å². The van der Waals surface area contributed by atoms with E-state index in [1.807, 2.05) is 18.2 Å². The molecule has 2 aromatic rings. The van der Waals surface area contributed by atoms with Gasteiger partial charge < -0.3 is 4.98 Å². The van der Waals surface area contributed by atoms with E-state index in [-0.39, 0.29) is 12.4 Å². The first-order valence-corrected chi connectivity index (χ1v) is 4.92. The molecule has 1 aliphatic rings. The van der Waals surface area contributed by atoms with Gasteiger partial charge in [-0.05, 0) is 43.0 Å². The maximum absolute atomic E-state index is 8.82. The molecular weight excluding hydrogens is 208 g/mol. The van der Waals surface area contributed by atoms with Gasteiger partial charge >= 0.3 is 0 Å². The average Bonchev–Trinajstić information content (AvgIpc) is 2.76. The Balaban J connectivity index is 0.000000853. The molecule has 2 nitrogen and oxygen atoms in total. The molecule has 1 heterocycles. The predicted molar refractivity (Wildman–Crippen MR) is 62.3 cm³/mol. The van der Waals surface area contributed by atoms with Gasteiger partial charge in [0.05, 0.1) is 11.6 Å². The van der Waals surface area contributed by atoms with Crippen LogP contribution in [-0.4, -0.2) is 4.98 Å². The monoisotopic (exact) mass is 218 g/mol. The van der Waals surface area contributed by atoms with Gasteiger partial charge in [0, 0.05) is 16.6 Å². The summed E-state index contributed by atoms with van der Waals surface area (Å²) in [4.78, 5) is 3.42. The molecule has 0 spiro atoms. The molecule has 1 N–H and O–H groups in total. The van der Waals surface area contributed by atoms with E-state index in [1.54, 1.807) is 0 Å². The lowest BCUT2D eigenvalue weighted by atomic mass is 10.1. The lowest BCUT2D eigenvalue weighted by Gasteiger charge is -1.93. The van der Waals surface area contributed by atoms with Crippen molar-refractivity contribution in [3.63, 3.8) is 0 Å². The summed E-state index contributed by atoms with van der Waals surface area (Å²) in [6.45, 7) is 0. The van der Waals surface area contributed by atoms with Crippen LogP contribution in [0, 0.1) is 11.3 Å². The number of nitrogens with one attached hydrogen (secondary N) is 1. The van der Waals surface area contributed by atoms with E-state index in [0.29, 0.717) is 0 Å². The second-order valence-electron chi connectivity index (χ2n) is 3.81. The van der Waals surface area contributed by atoms with Crippen LogP contribution in [0.1, 0.15) is 23.2 Å². The number of rotatable bonds is 0. The fourth-order valence-corrected chi connectivity index (χ4v) is 2.31. The smallest absolute Gasteiger partial charge is 0.0991 e. The van der Waals surface area contributed by atoms with Gasteiger partial charge in [-0.3, -0.25) is 0 Å². The number of nitrogens with zero attached hydrogens (tertiary/aromatic N) is 1. The van der Waals surface area contributed by atoms with Crippen molar-refractivity contribution in [2.24, 2.45) is 0 Å². The highest BCUT2D eigenvalue weighted by Crippen LogP contribution is 2.30. The van der Waals surface area contributed by atoms with E-state index in [0.717, 1.165) is 18.4 Å². The number of halogens is 1. The number of hydrogen-bond donors (Lipinski definition) is 1. The molecule has 0 radical (unpaired) electrons. The molecule has 15 heavy (non-hydrogen) atoms. The lowest BCUT2D eigenvalue weighted by Crippen LogP contribution is -1.78. The van der Waals surface area contributed by atoms with Crippen molar-refractivity contribution in [2.75, 3.05) is 0 Å². The van der Waals surface area contributed by atoms with Gasteiger partial charge in [-0.25, -0.2) is 0 Å². The minimum Gasteiger partial charge on any atom is -0.358 e. The van der Waals surface area contributed by atoms with E-state index < -0.39 is 0 Å². The standard InChI is InChI=1S/C12H10N2.ClH/c13-7-8-4-5-12-10(6-8)9-2-1-3-11(9)14-12;/h4-6,14H,1-3H2;1H. The molecule has 3 rings (SSSR count). The summed E-state index contributed by atoms with van der Waals surface area (Å²) >= 11 is 0. The Labute approximate surface area is 94.3 Å². The zero-order chi connectivity index (χ0) is 9.54. The number of benzene rings is 1. The summed E-state index contributed by atoms with van der Waals surface area (Å²) in [5.41, 5.74) is 4.73. The minimum absolute atomic E-state index is 0. The number of H-pyrrole nitrogens is 1. The van der Waals surface area contributed by atoms with Crippen LogP contribution in [-0.2, 0) is 12.8 Å². The Bertz CT molecular complexity index is 548. The van der Waals surface area contributed by atoms with Gasteiger partial charge in [-0.2, -0.15) is 5.26 Å². The highest BCUT2D eigenvalue weighted by atomic mass is 35.5. The molecular formula is C12H11ClN2. The Morgan fingerprint density at radius 2 is 2.13 bits per heavy atom. The number of hydrogen-bond acceptors (Lipinski definition) is 1. The Morgan fingerprint density at radius 3 is 2.93 bits per heavy atom. The molecule has 1 aliphatic carbocycles. The molecule has 0 aliphatic heterocycles. The number of aromatic nitrogens is 1. The minimum atomic E-state index is 0. The number of aryl methyl sites for hydroxylation is 2. The van der Waals surface area contributed by atoms with E-state index in [2.05, 4.69) is 11.1 Å². The highest BCUT2D eigenvalue weighted by molar-refractivity contribution is 5.86. The van der Waals surface area contributed by atoms with E-state index >= 15 is 0 Å². The van der Waals surface area contributed by atoms with Crippen LogP contribution in [0.25, 0.3) is 10.9 Å². The Hall–Kier alpha value is -1.46. The molecule has 1 aromatic heterocycles. The van der Waals surface area contributed by atoms with Crippen LogP contribution in [0.15, 0.2) is 18.2 Å². The molecule has 76 valence electrons. The van der Waals surface area contributed by atoms with Gasteiger partial charge in [0.25, 0.3) is 0 Å². The predicted octanol–water partition coefficient (Wildman–Crippen LogP) is 2.95. The number of nitriles is 1.